The minimum absolute atomic E-state index is 0.902. The molecule has 5 heteroatoms. The molecule has 2 aromatic rings. The first kappa shape index (κ1) is 13.3. The average molecular weight is 368 g/mol. The summed E-state index contributed by atoms with van der Waals surface area (Å²) in [4.78, 5) is 0. The Morgan fingerprint density at radius 3 is 1.35 bits per heavy atom. The van der Waals surface area contributed by atoms with Gasteiger partial charge in [0.1, 0.15) is 0 Å². The van der Waals surface area contributed by atoms with E-state index < -0.39 is 37.5 Å². The first-order valence-electron chi connectivity index (χ1n) is 5.14. The molecule has 0 N–H and O–H groups in total. The van der Waals surface area contributed by atoms with Crippen molar-refractivity contribution in [1.29, 1.82) is 0 Å². The van der Waals surface area contributed by atoms with Crippen molar-refractivity contribution in [1.82, 2.24) is 0 Å². The van der Waals surface area contributed by atoms with Crippen LogP contribution in [0.2, 0.25) is 0 Å². The van der Waals surface area contributed by atoms with Gasteiger partial charge in [-0.05, 0) is 0 Å². The fraction of sp³-hybridized carbons (Fsp3) is 0. The van der Waals surface area contributed by atoms with E-state index in [1.54, 1.807) is 0 Å². The zero-order valence-electron chi connectivity index (χ0n) is 9.11. The maximum atomic E-state index is 12.1. The fourth-order valence-electron chi connectivity index (χ4n) is 1.38. The molecular formula is C12H10MgO2Se2. The summed E-state index contributed by atoms with van der Waals surface area (Å²) in [5.41, 5.74) is 0. The van der Waals surface area contributed by atoms with E-state index in [2.05, 4.69) is 0 Å². The van der Waals surface area contributed by atoms with Crippen LogP contribution in [0, 0.1) is 0 Å². The Morgan fingerprint density at radius 1 is 0.647 bits per heavy atom. The van der Waals surface area contributed by atoms with Gasteiger partial charge in [-0.25, -0.2) is 0 Å². The molecule has 2 atom stereocenters. The van der Waals surface area contributed by atoms with Gasteiger partial charge in [0, 0.05) is 0 Å². The molecule has 0 saturated carbocycles. The van der Waals surface area contributed by atoms with Crippen molar-refractivity contribution in [3.05, 3.63) is 60.7 Å². The summed E-state index contributed by atoms with van der Waals surface area (Å²) in [5.74, 6) is 0. The molecule has 0 aliphatic carbocycles. The molecule has 2 unspecified atom stereocenters. The third-order valence-corrected chi connectivity index (χ3v) is 26.2. The van der Waals surface area contributed by atoms with E-state index >= 15 is 0 Å². The molecule has 2 aromatic carbocycles. The van der Waals surface area contributed by atoms with Crippen molar-refractivity contribution in [2.45, 2.75) is 0 Å². The third kappa shape index (κ3) is 3.92. The van der Waals surface area contributed by atoms with Crippen LogP contribution in [0.5, 0.6) is 0 Å². The molecule has 2 rings (SSSR count). The SMILES string of the molecule is O=[Se]([Mg][Se](=O)c1ccccc1)c1ccccc1. The molecule has 17 heavy (non-hydrogen) atoms. The van der Waals surface area contributed by atoms with Gasteiger partial charge in [0.2, 0.25) is 0 Å². The molecule has 84 valence electrons. The molecule has 0 spiro atoms. The summed E-state index contributed by atoms with van der Waals surface area (Å²) in [6.45, 7) is 0. The van der Waals surface area contributed by atoms with E-state index in [1.807, 2.05) is 60.7 Å². The summed E-state index contributed by atoms with van der Waals surface area (Å²) in [7, 11) is -4.03. The van der Waals surface area contributed by atoms with E-state index in [-0.39, 0.29) is 0 Å². The Bertz CT molecular complexity index is 479. The predicted molar refractivity (Wildman–Crippen MR) is 70.8 cm³/mol. The number of hydrogen-bond donors (Lipinski definition) is 0. The second-order valence-corrected chi connectivity index (χ2v) is 23.2. The molecule has 0 bridgehead atoms. The second-order valence-electron chi connectivity index (χ2n) is 3.44. The van der Waals surface area contributed by atoms with Crippen molar-refractivity contribution >= 4 is 46.5 Å². The molecule has 0 fully saturated rings. The zero-order chi connectivity index (χ0) is 12.1. The molecule has 0 aromatic heterocycles. The summed E-state index contributed by atoms with van der Waals surface area (Å²) < 4.78 is 26.1. The molecule has 0 saturated heterocycles. The van der Waals surface area contributed by atoms with Gasteiger partial charge < -0.3 is 0 Å². The van der Waals surface area contributed by atoms with E-state index in [4.69, 9.17) is 0 Å². The standard InChI is InChI=1S/2C6H5OSe.Mg/c2*7-8-6-4-2-1-3-5-6;/h2*1-5H;/q2*+1;-2. The second kappa shape index (κ2) is 6.69. The quantitative estimate of drug-likeness (QED) is 0.730. The van der Waals surface area contributed by atoms with Crippen molar-refractivity contribution in [2.24, 2.45) is 0 Å². The predicted octanol–water partition coefficient (Wildman–Crippen LogP) is 0.342. The zero-order valence-corrected chi connectivity index (χ0v) is 14.0. The van der Waals surface area contributed by atoms with Crippen LogP contribution in [-0.4, -0.2) is 37.5 Å². The van der Waals surface area contributed by atoms with Gasteiger partial charge in [-0.1, -0.05) is 0 Å². The molecule has 0 amide bonds. The van der Waals surface area contributed by atoms with Gasteiger partial charge in [-0.3, -0.25) is 0 Å². The van der Waals surface area contributed by atoms with Gasteiger partial charge in [0.25, 0.3) is 0 Å². The van der Waals surface area contributed by atoms with Crippen LogP contribution in [0.4, 0.5) is 0 Å². The van der Waals surface area contributed by atoms with E-state index in [0.29, 0.717) is 0 Å². The Hall–Kier alpha value is -0.155. The molecule has 2 nitrogen and oxygen atoms in total. The summed E-state index contributed by atoms with van der Waals surface area (Å²) in [6, 6.07) is 18.9. The molecule has 0 heterocycles. The van der Waals surface area contributed by atoms with Crippen LogP contribution in [-0.2, 0) is 7.67 Å². The number of hydrogen-bond acceptors (Lipinski definition) is 2. The van der Waals surface area contributed by atoms with E-state index in [0.717, 1.165) is 8.92 Å². The maximum absolute atomic E-state index is 12.1. The Balaban J connectivity index is 2.08. The minimum atomic E-state index is -2.02. The normalized spacial score (nSPS) is 13.6. The monoisotopic (exact) mass is 370 g/mol. The molecule has 0 aliphatic heterocycles. The van der Waals surface area contributed by atoms with E-state index in [9.17, 15) is 7.67 Å². The topological polar surface area (TPSA) is 34.1 Å². The molecular weight excluding hydrogens is 358 g/mol. The van der Waals surface area contributed by atoms with Crippen LogP contribution < -0.4 is 8.92 Å². The van der Waals surface area contributed by atoms with Crippen molar-refractivity contribution in [2.75, 3.05) is 0 Å². The Kier molecular flexibility index (Phi) is 5.23. The van der Waals surface area contributed by atoms with Crippen molar-refractivity contribution < 1.29 is 7.67 Å². The van der Waals surface area contributed by atoms with Gasteiger partial charge in [-0.15, -0.1) is 0 Å². The van der Waals surface area contributed by atoms with Crippen molar-refractivity contribution in [3.63, 3.8) is 0 Å². The average Bonchev–Trinajstić information content (AvgIpc) is 2.40. The van der Waals surface area contributed by atoms with Gasteiger partial charge in [-0.2, -0.15) is 0 Å². The van der Waals surface area contributed by atoms with Crippen LogP contribution in [0.1, 0.15) is 0 Å². The van der Waals surface area contributed by atoms with Crippen LogP contribution in [0.15, 0.2) is 60.7 Å². The molecule has 0 aliphatic rings. The Labute approximate surface area is 114 Å². The summed E-state index contributed by atoms with van der Waals surface area (Å²) >= 11 is -0.998. The summed E-state index contributed by atoms with van der Waals surface area (Å²) in [5, 5.41) is 0. The third-order valence-electron chi connectivity index (χ3n) is 2.23. The van der Waals surface area contributed by atoms with Gasteiger partial charge >= 0.3 is 115 Å². The summed E-state index contributed by atoms with van der Waals surface area (Å²) in [6.07, 6.45) is 0. The van der Waals surface area contributed by atoms with Crippen molar-refractivity contribution in [3.8, 4) is 0 Å². The molecule has 0 radical (unpaired) electrons. The van der Waals surface area contributed by atoms with E-state index in [1.165, 1.54) is 0 Å². The number of rotatable bonds is 4. The first-order valence-corrected chi connectivity index (χ1v) is 16.7. The van der Waals surface area contributed by atoms with Gasteiger partial charge in [0.05, 0.1) is 0 Å². The van der Waals surface area contributed by atoms with Crippen LogP contribution in [0.3, 0.4) is 0 Å². The van der Waals surface area contributed by atoms with Crippen LogP contribution >= 0.6 is 0 Å². The van der Waals surface area contributed by atoms with Crippen LogP contribution in [0.25, 0.3) is 0 Å². The number of benzene rings is 2. The fourth-order valence-corrected chi connectivity index (χ4v) is 24.0. The van der Waals surface area contributed by atoms with Gasteiger partial charge in [0.15, 0.2) is 0 Å². The first-order chi connectivity index (χ1) is 8.27. The Morgan fingerprint density at radius 2 is 1.00 bits per heavy atom.